The highest BCUT2D eigenvalue weighted by molar-refractivity contribution is 4.82. The molecule has 0 aromatic carbocycles. The van der Waals surface area contributed by atoms with Gasteiger partial charge >= 0.3 is 0 Å². The van der Waals surface area contributed by atoms with Crippen LogP contribution < -0.4 is 0 Å². The summed E-state index contributed by atoms with van der Waals surface area (Å²) in [7, 11) is 0. The fourth-order valence-corrected chi connectivity index (χ4v) is 1.79. The standard InChI is InChI=1S/C14H23NO2/c15-11-7-4-2-1-3-5-8-12-16-14-10-6-9-13-17-14/h1,3,14H,2,4-10,12-13H2/b3-1+. The normalized spacial score (nSPS) is 20.5. The monoisotopic (exact) mass is 237 g/mol. The Bertz CT molecular complexity index is 239. The van der Waals surface area contributed by atoms with Gasteiger partial charge in [0.1, 0.15) is 0 Å². The fraction of sp³-hybridized carbons (Fsp3) is 0.786. The molecular weight excluding hydrogens is 214 g/mol. The summed E-state index contributed by atoms with van der Waals surface area (Å²) in [6.45, 7) is 1.64. The molecule has 0 N–H and O–H groups in total. The topological polar surface area (TPSA) is 42.2 Å². The fourth-order valence-electron chi connectivity index (χ4n) is 1.79. The Labute approximate surface area is 104 Å². The zero-order valence-electron chi connectivity index (χ0n) is 10.6. The van der Waals surface area contributed by atoms with E-state index in [0.29, 0.717) is 6.42 Å². The van der Waals surface area contributed by atoms with Gasteiger partial charge in [0.25, 0.3) is 0 Å². The summed E-state index contributed by atoms with van der Waals surface area (Å²) in [6.07, 6.45) is 12.6. The lowest BCUT2D eigenvalue weighted by atomic mass is 10.2. The van der Waals surface area contributed by atoms with Crippen molar-refractivity contribution in [2.24, 2.45) is 0 Å². The van der Waals surface area contributed by atoms with Crippen LogP contribution in [0.25, 0.3) is 0 Å². The third-order valence-corrected chi connectivity index (χ3v) is 2.78. The van der Waals surface area contributed by atoms with Gasteiger partial charge < -0.3 is 9.47 Å². The van der Waals surface area contributed by atoms with Crippen LogP contribution in [0.15, 0.2) is 12.2 Å². The third kappa shape index (κ3) is 7.95. The summed E-state index contributed by atoms with van der Waals surface area (Å²) in [4.78, 5) is 0. The second-order valence-corrected chi connectivity index (χ2v) is 4.33. The van der Waals surface area contributed by atoms with Crippen molar-refractivity contribution in [1.82, 2.24) is 0 Å². The molecule has 0 amide bonds. The van der Waals surface area contributed by atoms with Crippen LogP contribution in [-0.2, 0) is 9.47 Å². The molecule has 1 aliphatic heterocycles. The van der Waals surface area contributed by atoms with Crippen molar-refractivity contribution in [3.8, 4) is 6.07 Å². The van der Waals surface area contributed by atoms with E-state index in [9.17, 15) is 0 Å². The molecule has 1 saturated heterocycles. The lowest BCUT2D eigenvalue weighted by molar-refractivity contribution is -0.162. The summed E-state index contributed by atoms with van der Waals surface area (Å²) in [5.41, 5.74) is 0. The molecule has 3 heteroatoms. The molecule has 17 heavy (non-hydrogen) atoms. The molecular formula is C14H23NO2. The van der Waals surface area contributed by atoms with E-state index in [2.05, 4.69) is 18.2 Å². The Morgan fingerprint density at radius 3 is 2.76 bits per heavy atom. The Morgan fingerprint density at radius 2 is 2.06 bits per heavy atom. The molecule has 96 valence electrons. The van der Waals surface area contributed by atoms with Crippen LogP contribution in [0.4, 0.5) is 0 Å². The first kappa shape index (κ1) is 14.2. The van der Waals surface area contributed by atoms with Gasteiger partial charge in [0.15, 0.2) is 6.29 Å². The molecule has 1 aliphatic rings. The third-order valence-electron chi connectivity index (χ3n) is 2.78. The first-order chi connectivity index (χ1) is 8.43. The van der Waals surface area contributed by atoms with Crippen LogP contribution in [0, 0.1) is 11.3 Å². The summed E-state index contributed by atoms with van der Waals surface area (Å²) < 4.78 is 11.1. The molecule has 0 spiro atoms. The minimum atomic E-state index is 0.0448. The number of ether oxygens (including phenoxy) is 2. The highest BCUT2D eigenvalue weighted by Crippen LogP contribution is 2.13. The molecule has 0 aliphatic carbocycles. The molecule has 3 nitrogen and oxygen atoms in total. The van der Waals surface area contributed by atoms with Crippen molar-refractivity contribution >= 4 is 0 Å². The number of unbranched alkanes of at least 4 members (excludes halogenated alkanes) is 3. The van der Waals surface area contributed by atoms with Gasteiger partial charge in [-0.25, -0.2) is 0 Å². The second kappa shape index (κ2) is 10.3. The summed E-state index contributed by atoms with van der Waals surface area (Å²) in [5.74, 6) is 0. The van der Waals surface area contributed by atoms with Crippen molar-refractivity contribution in [2.45, 2.75) is 57.7 Å². The predicted octanol–water partition coefficient (Wildman–Crippen LogP) is 3.56. The highest BCUT2D eigenvalue weighted by atomic mass is 16.7. The number of nitrogens with zero attached hydrogens (tertiary/aromatic N) is 1. The highest BCUT2D eigenvalue weighted by Gasteiger charge is 2.12. The van der Waals surface area contributed by atoms with E-state index >= 15 is 0 Å². The van der Waals surface area contributed by atoms with Crippen molar-refractivity contribution in [3.63, 3.8) is 0 Å². The molecule has 0 aromatic rings. The average Bonchev–Trinajstić information content (AvgIpc) is 2.38. The molecule has 0 saturated carbocycles. The van der Waals surface area contributed by atoms with Crippen molar-refractivity contribution in [1.29, 1.82) is 5.26 Å². The van der Waals surface area contributed by atoms with E-state index < -0.39 is 0 Å². The van der Waals surface area contributed by atoms with Crippen LogP contribution in [0.2, 0.25) is 0 Å². The average molecular weight is 237 g/mol. The maximum Gasteiger partial charge on any atom is 0.157 e. The maximum atomic E-state index is 8.36. The minimum absolute atomic E-state index is 0.0448. The number of rotatable bonds is 8. The Morgan fingerprint density at radius 1 is 1.24 bits per heavy atom. The van der Waals surface area contributed by atoms with E-state index in [-0.39, 0.29) is 6.29 Å². The van der Waals surface area contributed by atoms with Gasteiger partial charge in [-0.3, -0.25) is 0 Å². The SMILES string of the molecule is N#CCCC/C=C/CCCOC1CCCCO1. The number of nitriles is 1. The largest absolute Gasteiger partial charge is 0.353 e. The number of hydrogen-bond acceptors (Lipinski definition) is 3. The summed E-state index contributed by atoms with van der Waals surface area (Å²) in [6, 6.07) is 2.15. The minimum Gasteiger partial charge on any atom is -0.353 e. The van der Waals surface area contributed by atoms with E-state index in [1.807, 2.05) is 0 Å². The van der Waals surface area contributed by atoms with Crippen molar-refractivity contribution in [3.05, 3.63) is 12.2 Å². The van der Waals surface area contributed by atoms with E-state index in [1.54, 1.807) is 0 Å². The smallest absolute Gasteiger partial charge is 0.157 e. The Hall–Kier alpha value is -0.850. The molecule has 0 radical (unpaired) electrons. The predicted molar refractivity (Wildman–Crippen MR) is 67.4 cm³/mol. The first-order valence-electron chi connectivity index (χ1n) is 6.68. The molecule has 1 heterocycles. The molecule has 1 fully saturated rings. The molecule has 0 aromatic heterocycles. The molecule has 0 bridgehead atoms. The maximum absolute atomic E-state index is 8.36. The van der Waals surface area contributed by atoms with Gasteiger partial charge in [0.2, 0.25) is 0 Å². The van der Waals surface area contributed by atoms with Gasteiger partial charge in [0.05, 0.1) is 12.7 Å². The zero-order chi connectivity index (χ0) is 12.2. The number of hydrogen-bond donors (Lipinski definition) is 0. The van der Waals surface area contributed by atoms with Gasteiger partial charge in [-0.1, -0.05) is 12.2 Å². The van der Waals surface area contributed by atoms with Crippen LogP contribution in [0.1, 0.15) is 51.4 Å². The number of allylic oxidation sites excluding steroid dienone is 2. The summed E-state index contributed by atoms with van der Waals surface area (Å²) in [5, 5.41) is 8.36. The Kier molecular flexibility index (Phi) is 8.62. The molecule has 1 rings (SSSR count). The Balaban J connectivity index is 1.85. The van der Waals surface area contributed by atoms with Crippen LogP contribution >= 0.6 is 0 Å². The van der Waals surface area contributed by atoms with Gasteiger partial charge in [-0.05, 0) is 44.9 Å². The van der Waals surface area contributed by atoms with Crippen molar-refractivity contribution in [2.75, 3.05) is 13.2 Å². The van der Waals surface area contributed by atoms with E-state index in [1.165, 1.54) is 12.8 Å². The van der Waals surface area contributed by atoms with Crippen molar-refractivity contribution < 1.29 is 9.47 Å². The van der Waals surface area contributed by atoms with Crippen LogP contribution in [0.3, 0.4) is 0 Å². The summed E-state index contributed by atoms with van der Waals surface area (Å²) >= 11 is 0. The lowest BCUT2D eigenvalue weighted by Crippen LogP contribution is -2.22. The van der Waals surface area contributed by atoms with Gasteiger partial charge in [-0.15, -0.1) is 0 Å². The first-order valence-corrected chi connectivity index (χ1v) is 6.68. The van der Waals surface area contributed by atoms with E-state index in [0.717, 1.165) is 45.3 Å². The van der Waals surface area contributed by atoms with Crippen LogP contribution in [0.5, 0.6) is 0 Å². The van der Waals surface area contributed by atoms with E-state index in [4.69, 9.17) is 14.7 Å². The second-order valence-electron chi connectivity index (χ2n) is 4.33. The zero-order valence-corrected chi connectivity index (χ0v) is 10.6. The molecule has 1 unspecified atom stereocenters. The quantitative estimate of drug-likeness (QED) is 0.479. The van der Waals surface area contributed by atoms with Crippen LogP contribution in [-0.4, -0.2) is 19.5 Å². The molecule has 1 atom stereocenters. The van der Waals surface area contributed by atoms with Gasteiger partial charge in [0, 0.05) is 13.0 Å². The lowest BCUT2D eigenvalue weighted by Gasteiger charge is -2.22. The van der Waals surface area contributed by atoms with Gasteiger partial charge in [-0.2, -0.15) is 5.26 Å².